The van der Waals surface area contributed by atoms with E-state index in [0.717, 1.165) is 13.1 Å². The Kier molecular flexibility index (Phi) is 65.8. The molecular formula is C62H126N2O2S2. The maximum atomic E-state index is 10.1. The summed E-state index contributed by atoms with van der Waals surface area (Å²) in [4.78, 5) is 2.07. The van der Waals surface area contributed by atoms with Crippen LogP contribution in [0.4, 0.5) is 0 Å². The van der Waals surface area contributed by atoms with Gasteiger partial charge in [0.25, 0.3) is 10.3 Å². The standard InChI is InChI=1S/C61H123NOS.CH3NOS/c1-3-5-7-9-11-13-15-17-19-21-23-25-27-29-31-33-35-37-39-41-43-45-47-49-51-53-55-57-59-62(61(63)64)60-58-56-54-52-50-48-46-44-42-40-38-36-34-32-30-28-26-24-22-20-18-16-14-12-10-8-6-4-2;2-1(3)4/h3-60H2,1-2H3,(H,63,64);(H3,2,3,4). The molecule has 0 saturated heterocycles. The summed E-state index contributed by atoms with van der Waals surface area (Å²) in [5.41, 5.74) is 4.40. The minimum Gasteiger partial charge on any atom is -0.487 e. The van der Waals surface area contributed by atoms with Gasteiger partial charge in [-0.25, -0.2) is 0 Å². The number of thiocarbonyl (C=S) groups is 2. The Hall–Kier alpha value is -0.620. The molecule has 68 heavy (non-hydrogen) atoms. The van der Waals surface area contributed by atoms with Crippen LogP contribution in [0, 0.1) is 0 Å². The number of nitrogens with two attached hydrogens (primary N) is 1. The summed E-state index contributed by atoms with van der Waals surface area (Å²) >= 11 is 9.06. The molecule has 6 heteroatoms. The molecule has 0 saturated carbocycles. The van der Waals surface area contributed by atoms with Crippen molar-refractivity contribution in [1.29, 1.82) is 0 Å². The summed E-state index contributed by atoms with van der Waals surface area (Å²) in [5, 5.41) is 17.3. The fourth-order valence-corrected chi connectivity index (χ4v) is 10.4. The molecule has 4 nitrogen and oxygen atoms in total. The Labute approximate surface area is 439 Å². The summed E-state index contributed by atoms with van der Waals surface area (Å²) in [7, 11) is 0. The third-order valence-corrected chi connectivity index (χ3v) is 15.1. The lowest BCUT2D eigenvalue weighted by Crippen LogP contribution is -2.31. The molecule has 4 N–H and O–H groups in total. The van der Waals surface area contributed by atoms with Crippen molar-refractivity contribution >= 4 is 34.8 Å². The molecule has 0 amide bonds. The highest BCUT2D eigenvalue weighted by Crippen LogP contribution is 2.19. The highest BCUT2D eigenvalue weighted by molar-refractivity contribution is 7.80. The molecular weight excluding hydrogens is 869 g/mol. The van der Waals surface area contributed by atoms with Gasteiger partial charge in [-0.05, 0) is 37.3 Å². The van der Waals surface area contributed by atoms with Gasteiger partial charge < -0.3 is 20.8 Å². The Balaban J connectivity index is 0. The van der Waals surface area contributed by atoms with Gasteiger partial charge in [0, 0.05) is 13.1 Å². The van der Waals surface area contributed by atoms with Gasteiger partial charge >= 0.3 is 0 Å². The van der Waals surface area contributed by atoms with E-state index in [9.17, 15) is 5.11 Å². The van der Waals surface area contributed by atoms with E-state index in [1.54, 1.807) is 0 Å². The molecule has 0 unspecified atom stereocenters. The Bertz CT molecular complexity index is 871. The molecule has 408 valence electrons. The van der Waals surface area contributed by atoms with Crippen molar-refractivity contribution in [3.63, 3.8) is 0 Å². The number of hydrogen-bond acceptors (Lipinski definition) is 2. The largest absolute Gasteiger partial charge is 0.487 e. The first-order chi connectivity index (χ1) is 33.5. The van der Waals surface area contributed by atoms with E-state index in [2.05, 4.69) is 36.7 Å². The smallest absolute Gasteiger partial charge is 0.256 e. The summed E-state index contributed by atoms with van der Waals surface area (Å²) in [6, 6.07) is 0. The molecule has 0 aliphatic heterocycles. The SMILES string of the molecule is CCCCCCCCCCCCCCCCCCCCCCCCCCCCCCN(CCCCCCCCCCCCCCCCCCCCCCCCCCCCCC)C(O)=S.NC(O)=S. The van der Waals surface area contributed by atoms with Crippen molar-refractivity contribution < 1.29 is 10.2 Å². The van der Waals surface area contributed by atoms with Crippen molar-refractivity contribution in [3.8, 4) is 0 Å². The average Bonchev–Trinajstić information content (AvgIpc) is 3.32. The Morgan fingerprint density at radius 2 is 0.353 bits per heavy atom. The van der Waals surface area contributed by atoms with Crippen LogP contribution in [0.3, 0.4) is 0 Å². The third-order valence-electron chi connectivity index (χ3n) is 14.8. The highest BCUT2D eigenvalue weighted by Gasteiger charge is 2.07. The molecule has 0 bridgehead atoms. The summed E-state index contributed by atoms with van der Waals surface area (Å²) in [6.07, 6.45) is 80.4. The molecule has 0 aromatic heterocycles. The van der Waals surface area contributed by atoms with Crippen LogP contribution in [-0.2, 0) is 0 Å². The molecule has 0 aromatic carbocycles. The molecule has 0 aromatic rings. The zero-order chi connectivity index (χ0) is 49.7. The van der Waals surface area contributed by atoms with Crippen molar-refractivity contribution in [1.82, 2.24) is 4.90 Å². The lowest BCUT2D eigenvalue weighted by Gasteiger charge is -2.21. The first kappa shape index (κ1) is 69.5. The summed E-state index contributed by atoms with van der Waals surface area (Å²) in [5.74, 6) is 0. The fourth-order valence-electron chi connectivity index (χ4n) is 10.2. The monoisotopic (exact) mass is 995 g/mol. The quantitative estimate of drug-likeness (QED) is 0.0417. The van der Waals surface area contributed by atoms with Crippen LogP contribution in [0.15, 0.2) is 0 Å². The zero-order valence-electron chi connectivity index (χ0n) is 46.7. The van der Waals surface area contributed by atoms with Crippen molar-refractivity contribution in [2.75, 3.05) is 13.1 Å². The number of hydrogen-bond donors (Lipinski definition) is 3. The number of aliphatic hydroxyl groups is 2. The molecule has 0 atom stereocenters. The van der Waals surface area contributed by atoms with Gasteiger partial charge in [0.05, 0.1) is 0 Å². The molecule has 0 aliphatic rings. The van der Waals surface area contributed by atoms with E-state index in [4.69, 9.17) is 17.3 Å². The van der Waals surface area contributed by atoms with Gasteiger partial charge in [0.15, 0.2) is 0 Å². The maximum absolute atomic E-state index is 10.1. The zero-order valence-corrected chi connectivity index (χ0v) is 48.4. The van der Waals surface area contributed by atoms with Crippen LogP contribution in [-0.4, -0.2) is 38.6 Å². The van der Waals surface area contributed by atoms with Gasteiger partial charge in [0.2, 0.25) is 0 Å². The van der Waals surface area contributed by atoms with Gasteiger partial charge in [0.1, 0.15) is 0 Å². The lowest BCUT2D eigenvalue weighted by atomic mass is 10.0. The minimum atomic E-state index is -0.500. The number of nitrogens with zero attached hydrogens (tertiary/aromatic N) is 1. The molecule has 0 fully saturated rings. The fraction of sp³-hybridized carbons (Fsp3) is 0.968. The third kappa shape index (κ3) is 67.5. The average molecular weight is 996 g/mol. The van der Waals surface area contributed by atoms with Crippen LogP contribution < -0.4 is 5.73 Å². The second kappa shape index (κ2) is 64.4. The number of rotatable bonds is 58. The molecule has 0 heterocycles. The number of aliphatic hydroxyl groups excluding tert-OH is 2. The van der Waals surface area contributed by atoms with Gasteiger partial charge in [-0.15, -0.1) is 0 Å². The minimum absolute atomic E-state index is 0.120. The van der Waals surface area contributed by atoms with Crippen LogP contribution in [0.25, 0.3) is 0 Å². The van der Waals surface area contributed by atoms with Crippen LogP contribution >= 0.6 is 24.4 Å². The second-order valence-corrected chi connectivity index (χ2v) is 22.5. The number of unbranched alkanes of at least 4 members (excludes halogenated alkanes) is 54. The first-order valence-electron chi connectivity index (χ1n) is 31.4. The predicted octanol–water partition coefficient (Wildman–Crippen LogP) is 22.8. The summed E-state index contributed by atoms with van der Waals surface area (Å²) in [6.45, 7) is 6.50. The van der Waals surface area contributed by atoms with Crippen molar-refractivity contribution in [3.05, 3.63) is 0 Å². The summed E-state index contributed by atoms with van der Waals surface area (Å²) < 4.78 is 0. The Morgan fingerprint density at radius 1 is 0.250 bits per heavy atom. The second-order valence-electron chi connectivity index (χ2n) is 21.7. The normalized spacial score (nSPS) is 11.3. The van der Waals surface area contributed by atoms with Gasteiger partial charge in [-0.1, -0.05) is 361 Å². The van der Waals surface area contributed by atoms with E-state index in [-0.39, 0.29) is 5.17 Å². The van der Waals surface area contributed by atoms with Crippen LogP contribution in [0.1, 0.15) is 373 Å². The predicted molar refractivity (Wildman–Crippen MR) is 316 cm³/mol. The first-order valence-corrected chi connectivity index (χ1v) is 32.2. The van der Waals surface area contributed by atoms with Crippen molar-refractivity contribution in [2.45, 2.75) is 373 Å². The topological polar surface area (TPSA) is 69.7 Å². The van der Waals surface area contributed by atoms with E-state index in [1.807, 2.05) is 0 Å². The van der Waals surface area contributed by atoms with E-state index in [0.29, 0.717) is 0 Å². The Morgan fingerprint density at radius 3 is 0.456 bits per heavy atom. The molecule has 0 spiro atoms. The van der Waals surface area contributed by atoms with E-state index in [1.165, 1.54) is 360 Å². The molecule has 0 aliphatic carbocycles. The van der Waals surface area contributed by atoms with E-state index < -0.39 is 5.17 Å². The molecule has 0 rings (SSSR count). The van der Waals surface area contributed by atoms with Gasteiger partial charge in [-0.3, -0.25) is 0 Å². The van der Waals surface area contributed by atoms with Crippen molar-refractivity contribution in [2.24, 2.45) is 5.73 Å². The highest BCUT2D eigenvalue weighted by atomic mass is 32.1. The molecule has 0 radical (unpaired) electrons. The maximum Gasteiger partial charge on any atom is 0.256 e. The van der Waals surface area contributed by atoms with E-state index >= 15 is 0 Å². The van der Waals surface area contributed by atoms with Crippen LogP contribution in [0.5, 0.6) is 0 Å². The lowest BCUT2D eigenvalue weighted by molar-refractivity contribution is 0.326. The van der Waals surface area contributed by atoms with Gasteiger partial charge in [-0.2, -0.15) is 0 Å². The van der Waals surface area contributed by atoms with Crippen LogP contribution in [0.2, 0.25) is 0 Å².